The molecule has 2 rings (SSSR count). The zero-order valence-electron chi connectivity index (χ0n) is 11.4. The van der Waals surface area contributed by atoms with Crippen LogP contribution < -0.4 is 0 Å². The minimum atomic E-state index is -0.436. The molecule has 1 aromatic carbocycles. The van der Waals surface area contributed by atoms with E-state index in [1.54, 1.807) is 19.2 Å². The molecule has 4 nitrogen and oxygen atoms in total. The lowest BCUT2D eigenvalue weighted by molar-refractivity contribution is 0.0520. The maximum Gasteiger partial charge on any atom is 0.354 e. The van der Waals surface area contributed by atoms with Gasteiger partial charge in [-0.05, 0) is 25.0 Å². The smallest absolute Gasteiger partial charge is 0.354 e. The van der Waals surface area contributed by atoms with Crippen molar-refractivity contribution in [2.45, 2.75) is 19.8 Å². The molecule has 0 amide bonds. The molecule has 0 radical (unpaired) electrons. The minimum Gasteiger partial charge on any atom is -0.461 e. The second kappa shape index (κ2) is 6.70. The molecule has 0 saturated carbocycles. The van der Waals surface area contributed by atoms with Crippen LogP contribution in [-0.4, -0.2) is 23.3 Å². The van der Waals surface area contributed by atoms with Crippen LogP contribution in [0.25, 0.3) is 0 Å². The highest BCUT2D eigenvalue weighted by atomic mass is 16.5. The number of rotatable bonds is 6. The third-order valence-electron chi connectivity index (χ3n) is 2.98. The number of hydrogen-bond acceptors (Lipinski definition) is 3. The summed E-state index contributed by atoms with van der Waals surface area (Å²) in [5.41, 5.74) is 1.96. The van der Waals surface area contributed by atoms with E-state index < -0.39 is 5.97 Å². The van der Waals surface area contributed by atoms with Crippen molar-refractivity contribution in [3.63, 3.8) is 0 Å². The lowest BCUT2D eigenvalue weighted by atomic mass is 10.0. The van der Waals surface area contributed by atoms with Crippen molar-refractivity contribution in [1.82, 2.24) is 4.98 Å². The molecule has 2 aromatic rings. The molecule has 0 spiro atoms. The van der Waals surface area contributed by atoms with Gasteiger partial charge in [-0.1, -0.05) is 30.3 Å². The predicted molar refractivity (Wildman–Crippen MR) is 75.8 cm³/mol. The van der Waals surface area contributed by atoms with Gasteiger partial charge in [0.1, 0.15) is 5.69 Å². The summed E-state index contributed by atoms with van der Waals surface area (Å²) in [5, 5.41) is 0. The zero-order valence-corrected chi connectivity index (χ0v) is 11.4. The second-order valence-electron chi connectivity index (χ2n) is 4.43. The maximum absolute atomic E-state index is 12.0. The highest BCUT2D eigenvalue weighted by Crippen LogP contribution is 2.11. The molecule has 4 heteroatoms. The number of ether oxygens (including phenoxy) is 1. The van der Waals surface area contributed by atoms with Crippen LogP contribution in [0.2, 0.25) is 0 Å². The average Bonchev–Trinajstić information content (AvgIpc) is 2.96. The average molecular weight is 271 g/mol. The van der Waals surface area contributed by atoms with Crippen LogP contribution in [-0.2, 0) is 11.2 Å². The van der Waals surface area contributed by atoms with E-state index in [0.29, 0.717) is 30.7 Å². The first kappa shape index (κ1) is 14.1. The lowest BCUT2D eigenvalue weighted by Gasteiger charge is -1.99. The second-order valence-corrected chi connectivity index (χ2v) is 4.43. The van der Waals surface area contributed by atoms with Crippen molar-refractivity contribution < 1.29 is 14.3 Å². The number of carbonyl (C=O) groups excluding carboxylic acids is 2. The number of H-pyrrole nitrogens is 1. The molecular formula is C16H17NO3. The van der Waals surface area contributed by atoms with E-state index in [-0.39, 0.29) is 5.78 Å². The van der Waals surface area contributed by atoms with Crippen molar-refractivity contribution in [3.05, 3.63) is 59.4 Å². The third kappa shape index (κ3) is 3.57. The molecule has 1 N–H and O–H groups in total. The van der Waals surface area contributed by atoms with Gasteiger partial charge in [-0.25, -0.2) is 4.79 Å². The van der Waals surface area contributed by atoms with Crippen LogP contribution in [0.3, 0.4) is 0 Å². The lowest BCUT2D eigenvalue weighted by Crippen LogP contribution is -2.04. The Morgan fingerprint density at radius 2 is 1.95 bits per heavy atom. The summed E-state index contributed by atoms with van der Waals surface area (Å²) in [7, 11) is 0. The Morgan fingerprint density at radius 3 is 2.65 bits per heavy atom. The molecular weight excluding hydrogens is 254 g/mol. The van der Waals surface area contributed by atoms with Crippen molar-refractivity contribution in [2.24, 2.45) is 0 Å². The Bertz CT molecular complexity index is 587. The molecule has 1 aromatic heterocycles. The normalized spacial score (nSPS) is 10.2. The Morgan fingerprint density at radius 1 is 1.20 bits per heavy atom. The first-order valence-corrected chi connectivity index (χ1v) is 6.63. The molecule has 0 saturated heterocycles. The molecule has 20 heavy (non-hydrogen) atoms. The Labute approximate surface area is 117 Å². The van der Waals surface area contributed by atoms with Crippen LogP contribution in [0, 0.1) is 0 Å². The minimum absolute atomic E-state index is 0.0145. The topological polar surface area (TPSA) is 59.2 Å². The standard InChI is InChI=1S/C16H17NO3/c1-2-20-16(19)14-10-13(11-17-14)15(18)9-8-12-6-4-3-5-7-12/h3-7,10-11,17H,2,8-9H2,1H3. The Hall–Kier alpha value is -2.36. The van der Waals surface area contributed by atoms with E-state index in [1.165, 1.54) is 0 Å². The van der Waals surface area contributed by atoms with E-state index >= 15 is 0 Å². The number of aromatic amines is 1. The molecule has 0 fully saturated rings. The van der Waals surface area contributed by atoms with Crippen LogP contribution in [0.15, 0.2) is 42.6 Å². The van der Waals surface area contributed by atoms with Crippen molar-refractivity contribution in [3.8, 4) is 0 Å². The number of benzene rings is 1. The number of Topliss-reactive ketones (excluding diaryl/α,β-unsaturated/α-hetero) is 1. The SMILES string of the molecule is CCOC(=O)c1cc(C(=O)CCc2ccccc2)c[nH]1. The fourth-order valence-electron chi connectivity index (χ4n) is 1.93. The number of carbonyl (C=O) groups is 2. The summed E-state index contributed by atoms with van der Waals surface area (Å²) >= 11 is 0. The van der Waals surface area contributed by atoms with Gasteiger partial charge in [0.15, 0.2) is 5.78 Å². The first-order valence-electron chi connectivity index (χ1n) is 6.63. The van der Waals surface area contributed by atoms with E-state index in [4.69, 9.17) is 4.74 Å². The maximum atomic E-state index is 12.0. The Balaban J connectivity index is 1.94. The largest absolute Gasteiger partial charge is 0.461 e. The number of aryl methyl sites for hydroxylation is 1. The van der Waals surface area contributed by atoms with E-state index in [9.17, 15) is 9.59 Å². The predicted octanol–water partition coefficient (Wildman–Crippen LogP) is 3.01. The molecule has 0 aliphatic carbocycles. The van der Waals surface area contributed by atoms with E-state index in [2.05, 4.69) is 4.98 Å². The van der Waals surface area contributed by atoms with Gasteiger partial charge in [0, 0.05) is 18.2 Å². The molecule has 0 atom stereocenters. The molecule has 1 heterocycles. The summed E-state index contributed by atoms with van der Waals surface area (Å²) < 4.78 is 4.87. The molecule has 0 aliphatic heterocycles. The van der Waals surface area contributed by atoms with E-state index in [1.807, 2.05) is 30.3 Å². The van der Waals surface area contributed by atoms with E-state index in [0.717, 1.165) is 5.56 Å². The van der Waals surface area contributed by atoms with Crippen LogP contribution in [0.4, 0.5) is 0 Å². The number of esters is 1. The highest BCUT2D eigenvalue weighted by molar-refractivity contribution is 5.99. The van der Waals surface area contributed by atoms with Crippen molar-refractivity contribution in [1.29, 1.82) is 0 Å². The summed E-state index contributed by atoms with van der Waals surface area (Å²) in [5.74, 6) is -0.421. The first-order chi connectivity index (χ1) is 9.70. The van der Waals surface area contributed by atoms with Gasteiger partial charge in [-0.3, -0.25) is 4.79 Å². The number of hydrogen-bond donors (Lipinski definition) is 1. The van der Waals surface area contributed by atoms with Gasteiger partial charge in [0.2, 0.25) is 0 Å². The molecule has 104 valence electrons. The Kier molecular flexibility index (Phi) is 4.71. The van der Waals surface area contributed by atoms with Gasteiger partial charge in [-0.2, -0.15) is 0 Å². The summed E-state index contributed by atoms with van der Waals surface area (Å²) in [6, 6.07) is 11.4. The quantitative estimate of drug-likeness (QED) is 0.649. The van der Waals surface area contributed by atoms with Crippen molar-refractivity contribution >= 4 is 11.8 Å². The van der Waals surface area contributed by atoms with Gasteiger partial charge in [0.25, 0.3) is 0 Å². The number of aromatic nitrogens is 1. The summed E-state index contributed by atoms with van der Waals surface area (Å²) in [6.07, 6.45) is 2.67. The van der Waals surface area contributed by atoms with Gasteiger partial charge < -0.3 is 9.72 Å². The molecule has 0 bridgehead atoms. The highest BCUT2D eigenvalue weighted by Gasteiger charge is 2.13. The van der Waals surface area contributed by atoms with Gasteiger partial charge >= 0.3 is 5.97 Å². The number of ketones is 1. The van der Waals surface area contributed by atoms with Gasteiger partial charge in [0.05, 0.1) is 6.61 Å². The molecule has 0 unspecified atom stereocenters. The van der Waals surface area contributed by atoms with Crippen LogP contribution in [0.1, 0.15) is 39.8 Å². The third-order valence-corrected chi connectivity index (χ3v) is 2.98. The fraction of sp³-hybridized carbons (Fsp3) is 0.250. The van der Waals surface area contributed by atoms with Gasteiger partial charge in [-0.15, -0.1) is 0 Å². The number of nitrogens with one attached hydrogen (secondary N) is 1. The van der Waals surface area contributed by atoms with Crippen LogP contribution >= 0.6 is 0 Å². The summed E-state index contributed by atoms with van der Waals surface area (Å²) in [6.45, 7) is 2.06. The fourth-order valence-corrected chi connectivity index (χ4v) is 1.93. The zero-order chi connectivity index (χ0) is 14.4. The molecule has 0 aliphatic rings. The van der Waals surface area contributed by atoms with Crippen LogP contribution in [0.5, 0.6) is 0 Å². The summed E-state index contributed by atoms with van der Waals surface area (Å²) in [4.78, 5) is 26.3. The monoisotopic (exact) mass is 271 g/mol. The van der Waals surface area contributed by atoms with Crippen molar-refractivity contribution in [2.75, 3.05) is 6.61 Å².